The SMILES string of the molecule is N#Cc1c(I)ncc(C(=O)Cl)c1C(F)F. The Bertz CT molecular complexity index is 459. The van der Waals surface area contributed by atoms with Crippen LogP contribution in [0.15, 0.2) is 6.20 Å². The van der Waals surface area contributed by atoms with Crippen molar-refractivity contribution >= 4 is 39.4 Å². The van der Waals surface area contributed by atoms with Crippen molar-refractivity contribution in [2.75, 3.05) is 0 Å². The number of nitrogens with zero attached hydrogens (tertiary/aromatic N) is 2. The molecule has 0 bridgehead atoms. The van der Waals surface area contributed by atoms with Crippen LogP contribution in [0.5, 0.6) is 0 Å². The Morgan fingerprint density at radius 1 is 1.67 bits per heavy atom. The second-order valence-corrected chi connectivity index (χ2v) is 3.80. The van der Waals surface area contributed by atoms with Gasteiger partial charge >= 0.3 is 0 Å². The summed E-state index contributed by atoms with van der Waals surface area (Å²) in [7, 11) is 0. The lowest BCUT2D eigenvalue weighted by atomic mass is 10.1. The third-order valence-corrected chi connectivity index (χ3v) is 2.64. The minimum Gasteiger partial charge on any atom is -0.276 e. The minimum atomic E-state index is -2.94. The van der Waals surface area contributed by atoms with E-state index in [2.05, 4.69) is 4.98 Å². The third-order valence-electron chi connectivity index (χ3n) is 1.61. The highest BCUT2D eigenvalue weighted by Gasteiger charge is 2.24. The van der Waals surface area contributed by atoms with Crippen molar-refractivity contribution in [1.82, 2.24) is 4.98 Å². The molecule has 0 unspecified atom stereocenters. The number of hydrogen-bond donors (Lipinski definition) is 0. The van der Waals surface area contributed by atoms with Gasteiger partial charge in [0.2, 0.25) is 0 Å². The maximum atomic E-state index is 12.6. The first-order valence-corrected chi connectivity index (χ1v) is 5.01. The minimum absolute atomic E-state index is 0.118. The van der Waals surface area contributed by atoms with E-state index < -0.39 is 22.8 Å². The smallest absolute Gasteiger partial charge is 0.266 e. The van der Waals surface area contributed by atoms with Crippen molar-refractivity contribution in [3.8, 4) is 6.07 Å². The molecule has 0 N–H and O–H groups in total. The topological polar surface area (TPSA) is 53.8 Å². The number of nitriles is 1. The van der Waals surface area contributed by atoms with E-state index in [-0.39, 0.29) is 9.26 Å². The van der Waals surface area contributed by atoms with Crippen LogP contribution in [-0.2, 0) is 0 Å². The van der Waals surface area contributed by atoms with Crippen molar-refractivity contribution in [3.05, 3.63) is 26.6 Å². The summed E-state index contributed by atoms with van der Waals surface area (Å²) >= 11 is 6.75. The van der Waals surface area contributed by atoms with Gasteiger partial charge in [-0.15, -0.1) is 0 Å². The normalized spacial score (nSPS) is 10.1. The fourth-order valence-electron chi connectivity index (χ4n) is 0.991. The van der Waals surface area contributed by atoms with Crippen LogP contribution in [0.1, 0.15) is 27.9 Å². The molecule has 0 aliphatic carbocycles. The maximum absolute atomic E-state index is 12.6. The highest BCUT2D eigenvalue weighted by molar-refractivity contribution is 14.1. The highest BCUT2D eigenvalue weighted by atomic mass is 127. The van der Waals surface area contributed by atoms with Crippen LogP contribution < -0.4 is 0 Å². The molecule has 3 nitrogen and oxygen atoms in total. The molecule has 1 aromatic heterocycles. The van der Waals surface area contributed by atoms with E-state index in [1.165, 1.54) is 0 Å². The number of aromatic nitrogens is 1. The molecule has 0 radical (unpaired) electrons. The zero-order chi connectivity index (χ0) is 11.6. The summed E-state index contributed by atoms with van der Waals surface area (Å²) in [4.78, 5) is 14.5. The average Bonchev–Trinajstić information content (AvgIpc) is 2.16. The highest BCUT2D eigenvalue weighted by Crippen LogP contribution is 2.29. The molecule has 1 heterocycles. The summed E-state index contributed by atoms with van der Waals surface area (Å²) in [5.74, 6) is 0. The lowest BCUT2D eigenvalue weighted by Gasteiger charge is -2.07. The number of hydrogen-bond acceptors (Lipinski definition) is 3. The number of pyridine rings is 1. The van der Waals surface area contributed by atoms with E-state index in [9.17, 15) is 13.6 Å². The van der Waals surface area contributed by atoms with Gasteiger partial charge in [-0.3, -0.25) is 4.79 Å². The first-order chi connectivity index (χ1) is 6.99. The Hall–Kier alpha value is -0.810. The molecule has 0 saturated heterocycles. The van der Waals surface area contributed by atoms with E-state index >= 15 is 0 Å². The summed E-state index contributed by atoms with van der Waals surface area (Å²) in [6.07, 6.45) is -1.99. The van der Waals surface area contributed by atoms with Crippen molar-refractivity contribution in [2.24, 2.45) is 0 Å². The molecule has 15 heavy (non-hydrogen) atoms. The first-order valence-electron chi connectivity index (χ1n) is 3.55. The van der Waals surface area contributed by atoms with Crippen LogP contribution in [0.25, 0.3) is 0 Å². The standard InChI is InChI=1S/C8H2ClF2IN2O/c9-6(15)4-2-14-8(12)3(1-13)5(4)7(10)11/h2,7H. The predicted octanol–water partition coefficient (Wildman–Crippen LogP) is 2.87. The van der Waals surface area contributed by atoms with Crippen LogP contribution in [0, 0.1) is 15.0 Å². The number of carbonyl (C=O) groups excluding carboxylic acids is 1. The molecular formula is C8H2ClF2IN2O. The van der Waals surface area contributed by atoms with Gasteiger partial charge in [-0.05, 0) is 34.2 Å². The van der Waals surface area contributed by atoms with Crippen molar-refractivity contribution in [3.63, 3.8) is 0 Å². The van der Waals surface area contributed by atoms with Gasteiger partial charge in [0.15, 0.2) is 0 Å². The average molecular weight is 342 g/mol. The zero-order valence-corrected chi connectivity index (χ0v) is 9.88. The van der Waals surface area contributed by atoms with E-state index in [4.69, 9.17) is 16.9 Å². The monoisotopic (exact) mass is 342 g/mol. The van der Waals surface area contributed by atoms with E-state index in [0.29, 0.717) is 0 Å². The van der Waals surface area contributed by atoms with Crippen molar-refractivity contribution in [2.45, 2.75) is 6.43 Å². The molecule has 0 aliphatic heterocycles. The summed E-state index contributed by atoms with van der Waals surface area (Å²) < 4.78 is 25.4. The van der Waals surface area contributed by atoms with Crippen LogP contribution >= 0.6 is 34.2 Å². The summed E-state index contributed by atoms with van der Waals surface area (Å²) in [6.45, 7) is 0. The first kappa shape index (κ1) is 12.3. The molecule has 0 aliphatic rings. The van der Waals surface area contributed by atoms with E-state index in [1.807, 2.05) is 0 Å². The van der Waals surface area contributed by atoms with E-state index in [0.717, 1.165) is 6.20 Å². The van der Waals surface area contributed by atoms with Gasteiger partial charge in [0.1, 0.15) is 9.77 Å². The van der Waals surface area contributed by atoms with Gasteiger partial charge in [0, 0.05) is 6.20 Å². The Balaban J connectivity index is 3.58. The fourth-order valence-corrected chi connectivity index (χ4v) is 1.69. The number of alkyl halides is 2. The number of carbonyl (C=O) groups is 1. The van der Waals surface area contributed by atoms with Gasteiger partial charge in [0.05, 0.1) is 16.7 Å². The van der Waals surface area contributed by atoms with Gasteiger partial charge < -0.3 is 0 Å². The molecule has 1 rings (SSSR count). The summed E-state index contributed by atoms with van der Waals surface area (Å²) in [5, 5.41) is 7.62. The van der Waals surface area contributed by atoms with Gasteiger partial charge in [-0.1, -0.05) is 0 Å². The van der Waals surface area contributed by atoms with Gasteiger partial charge in [-0.25, -0.2) is 13.8 Å². The fraction of sp³-hybridized carbons (Fsp3) is 0.125. The molecule has 0 saturated carbocycles. The Kier molecular flexibility index (Phi) is 3.93. The van der Waals surface area contributed by atoms with Crippen LogP contribution in [0.4, 0.5) is 8.78 Å². The molecule has 78 valence electrons. The molecule has 0 spiro atoms. The molecule has 0 fully saturated rings. The largest absolute Gasteiger partial charge is 0.276 e. The maximum Gasteiger partial charge on any atom is 0.266 e. The second kappa shape index (κ2) is 4.81. The van der Waals surface area contributed by atoms with E-state index in [1.54, 1.807) is 28.7 Å². The predicted molar refractivity (Wildman–Crippen MR) is 56.8 cm³/mol. The zero-order valence-electron chi connectivity index (χ0n) is 6.97. The van der Waals surface area contributed by atoms with Crippen molar-refractivity contribution in [1.29, 1.82) is 5.26 Å². The Morgan fingerprint density at radius 2 is 2.27 bits per heavy atom. The van der Waals surface area contributed by atoms with Crippen LogP contribution in [0.2, 0.25) is 0 Å². The van der Waals surface area contributed by atoms with Gasteiger partial charge in [-0.2, -0.15) is 5.26 Å². The van der Waals surface area contributed by atoms with Gasteiger partial charge in [0.25, 0.3) is 11.7 Å². The molecule has 0 aromatic carbocycles. The molecule has 0 atom stereocenters. The Morgan fingerprint density at radius 3 is 2.67 bits per heavy atom. The lowest BCUT2D eigenvalue weighted by molar-refractivity contribution is 0.106. The molecule has 1 aromatic rings. The lowest BCUT2D eigenvalue weighted by Crippen LogP contribution is -2.05. The number of halogens is 4. The second-order valence-electron chi connectivity index (χ2n) is 2.44. The third kappa shape index (κ3) is 2.41. The molecule has 7 heteroatoms. The quantitative estimate of drug-likeness (QED) is 0.472. The summed E-state index contributed by atoms with van der Waals surface area (Å²) in [6, 6.07) is 1.58. The molecular weight excluding hydrogens is 340 g/mol. The van der Waals surface area contributed by atoms with Crippen molar-refractivity contribution < 1.29 is 13.6 Å². The van der Waals surface area contributed by atoms with Crippen LogP contribution in [0.3, 0.4) is 0 Å². The Labute approximate surface area is 102 Å². The number of rotatable bonds is 2. The molecule has 0 amide bonds. The van der Waals surface area contributed by atoms with Crippen LogP contribution in [-0.4, -0.2) is 10.2 Å². The summed E-state index contributed by atoms with van der Waals surface area (Å²) in [5.41, 5.74) is -1.39.